The van der Waals surface area contributed by atoms with Crippen molar-refractivity contribution in [3.05, 3.63) is 59.7 Å². The molecule has 0 atom stereocenters. The molecular weight excluding hydrogens is 300 g/mol. The molecule has 0 radical (unpaired) electrons. The van der Waals surface area contributed by atoms with Crippen LogP contribution < -0.4 is 15.0 Å². The molecule has 1 heterocycles. The second-order valence-corrected chi connectivity index (χ2v) is 6.02. The number of para-hydroxylation sites is 2. The number of carbonyl (C=O) groups is 1. The summed E-state index contributed by atoms with van der Waals surface area (Å²) in [4.78, 5) is 14.4. The predicted octanol–water partition coefficient (Wildman–Crippen LogP) is 2.81. The van der Waals surface area contributed by atoms with Gasteiger partial charge in [0.05, 0.1) is 13.7 Å². The Bertz CT molecular complexity index is 700. The van der Waals surface area contributed by atoms with Gasteiger partial charge in [0.15, 0.2) is 0 Å². The first kappa shape index (κ1) is 16.5. The zero-order valence-corrected chi connectivity index (χ0v) is 14.1. The summed E-state index contributed by atoms with van der Waals surface area (Å²) in [6.45, 7) is 1.93. The third-order valence-corrected chi connectivity index (χ3v) is 4.45. The fourth-order valence-corrected chi connectivity index (χ4v) is 3.22. The number of ether oxygens (including phenoxy) is 1. The van der Waals surface area contributed by atoms with Gasteiger partial charge in [-0.2, -0.15) is 0 Å². The van der Waals surface area contributed by atoms with Gasteiger partial charge >= 0.3 is 0 Å². The third-order valence-electron chi connectivity index (χ3n) is 4.45. The monoisotopic (exact) mass is 324 g/mol. The zero-order valence-electron chi connectivity index (χ0n) is 14.1. The van der Waals surface area contributed by atoms with Gasteiger partial charge in [0.25, 0.3) is 0 Å². The van der Waals surface area contributed by atoms with E-state index in [1.54, 1.807) is 7.11 Å². The van der Waals surface area contributed by atoms with Crippen molar-refractivity contribution in [1.29, 1.82) is 0 Å². The highest BCUT2D eigenvalue weighted by molar-refractivity contribution is 5.95. The Morgan fingerprint density at radius 2 is 1.96 bits per heavy atom. The number of hydrogen-bond donors (Lipinski definition) is 1. The van der Waals surface area contributed by atoms with Crippen LogP contribution in [0.25, 0.3) is 0 Å². The number of methoxy groups -OCH3 is 1. The van der Waals surface area contributed by atoms with E-state index in [2.05, 4.69) is 17.4 Å². The van der Waals surface area contributed by atoms with Crippen molar-refractivity contribution in [2.45, 2.75) is 19.3 Å². The van der Waals surface area contributed by atoms with E-state index in [9.17, 15) is 4.79 Å². The Labute approximate surface area is 143 Å². The minimum absolute atomic E-state index is 0.141. The number of hydrogen-bond acceptors (Lipinski definition) is 3. The maximum atomic E-state index is 12.5. The molecule has 1 amide bonds. The molecule has 1 aliphatic heterocycles. The summed E-state index contributed by atoms with van der Waals surface area (Å²) >= 11 is 0. The molecular formula is C20H24N2O2. The molecule has 4 nitrogen and oxygen atoms in total. The van der Waals surface area contributed by atoms with Gasteiger partial charge in [-0.25, -0.2) is 0 Å². The van der Waals surface area contributed by atoms with Gasteiger partial charge in [-0.3, -0.25) is 4.79 Å². The van der Waals surface area contributed by atoms with Crippen molar-refractivity contribution in [1.82, 2.24) is 5.32 Å². The number of benzene rings is 2. The van der Waals surface area contributed by atoms with Crippen LogP contribution in [0.15, 0.2) is 48.5 Å². The highest BCUT2D eigenvalue weighted by Gasteiger charge is 2.21. The fraction of sp³-hybridized carbons (Fsp3) is 0.350. The topological polar surface area (TPSA) is 41.6 Å². The minimum atomic E-state index is 0.141. The van der Waals surface area contributed by atoms with Crippen molar-refractivity contribution in [3.63, 3.8) is 0 Å². The summed E-state index contributed by atoms with van der Waals surface area (Å²) in [5.74, 6) is 1.04. The highest BCUT2D eigenvalue weighted by atomic mass is 16.5. The van der Waals surface area contributed by atoms with Gasteiger partial charge in [-0.05, 0) is 49.1 Å². The summed E-state index contributed by atoms with van der Waals surface area (Å²) in [5, 5.41) is 3.27. The SMILES string of the molecule is COc1ccccc1CCNCC(=O)N1CCCc2ccccc21. The van der Waals surface area contributed by atoms with Gasteiger partial charge in [-0.15, -0.1) is 0 Å². The van der Waals surface area contributed by atoms with E-state index in [1.165, 1.54) is 5.56 Å². The van der Waals surface area contributed by atoms with Crippen LogP contribution in [0.1, 0.15) is 17.5 Å². The van der Waals surface area contributed by atoms with E-state index in [-0.39, 0.29) is 5.91 Å². The molecule has 126 valence electrons. The average Bonchev–Trinajstić information content (AvgIpc) is 2.65. The quantitative estimate of drug-likeness (QED) is 0.831. The van der Waals surface area contributed by atoms with Gasteiger partial charge in [-0.1, -0.05) is 36.4 Å². The van der Waals surface area contributed by atoms with E-state index in [4.69, 9.17) is 4.74 Å². The second-order valence-electron chi connectivity index (χ2n) is 6.02. The number of carbonyl (C=O) groups excluding carboxylic acids is 1. The zero-order chi connectivity index (χ0) is 16.8. The Hall–Kier alpha value is -2.33. The highest BCUT2D eigenvalue weighted by Crippen LogP contribution is 2.26. The Morgan fingerprint density at radius 1 is 1.17 bits per heavy atom. The largest absolute Gasteiger partial charge is 0.496 e. The number of rotatable bonds is 6. The van der Waals surface area contributed by atoms with Crippen molar-refractivity contribution in [2.75, 3.05) is 31.6 Å². The Morgan fingerprint density at radius 3 is 2.83 bits per heavy atom. The molecule has 4 heteroatoms. The lowest BCUT2D eigenvalue weighted by Crippen LogP contribution is -2.41. The van der Waals surface area contributed by atoms with Crippen LogP contribution in [0, 0.1) is 0 Å². The lowest BCUT2D eigenvalue weighted by atomic mass is 10.0. The van der Waals surface area contributed by atoms with Gasteiger partial charge < -0.3 is 15.0 Å². The summed E-state index contributed by atoms with van der Waals surface area (Å²) in [7, 11) is 1.68. The molecule has 0 aromatic heterocycles. The van der Waals surface area contributed by atoms with Crippen molar-refractivity contribution in [2.24, 2.45) is 0 Å². The Balaban J connectivity index is 1.52. The van der Waals surface area contributed by atoms with Crippen LogP contribution >= 0.6 is 0 Å². The van der Waals surface area contributed by atoms with Crippen LogP contribution in [-0.4, -0.2) is 32.7 Å². The van der Waals surface area contributed by atoms with Crippen molar-refractivity contribution >= 4 is 11.6 Å². The summed E-state index contributed by atoms with van der Waals surface area (Å²) in [6.07, 6.45) is 2.93. The van der Waals surface area contributed by atoms with Crippen molar-refractivity contribution < 1.29 is 9.53 Å². The summed E-state index contributed by atoms with van der Waals surface area (Å²) < 4.78 is 5.35. The molecule has 0 unspecified atom stereocenters. The number of anilines is 1. The van der Waals surface area contributed by atoms with Crippen LogP contribution in [-0.2, 0) is 17.6 Å². The van der Waals surface area contributed by atoms with E-state index < -0.39 is 0 Å². The summed E-state index contributed by atoms with van der Waals surface area (Å²) in [6, 6.07) is 16.2. The fourth-order valence-electron chi connectivity index (χ4n) is 3.22. The van der Waals surface area contributed by atoms with E-state index in [1.807, 2.05) is 41.3 Å². The number of aryl methyl sites for hydroxylation is 1. The Kier molecular flexibility index (Phi) is 5.49. The third kappa shape index (κ3) is 3.77. The molecule has 24 heavy (non-hydrogen) atoms. The van der Waals surface area contributed by atoms with Gasteiger partial charge in [0, 0.05) is 12.2 Å². The number of amides is 1. The van der Waals surface area contributed by atoms with Gasteiger partial charge in [0.1, 0.15) is 5.75 Å². The molecule has 0 fully saturated rings. The first-order valence-corrected chi connectivity index (χ1v) is 8.50. The molecule has 1 aliphatic rings. The molecule has 0 aliphatic carbocycles. The minimum Gasteiger partial charge on any atom is -0.496 e. The van der Waals surface area contributed by atoms with E-state index in [0.717, 1.165) is 49.4 Å². The van der Waals surface area contributed by atoms with Gasteiger partial charge in [0.2, 0.25) is 5.91 Å². The van der Waals surface area contributed by atoms with Crippen LogP contribution in [0.5, 0.6) is 5.75 Å². The number of fused-ring (bicyclic) bond motifs is 1. The van der Waals surface area contributed by atoms with Crippen molar-refractivity contribution in [3.8, 4) is 5.75 Å². The normalized spacial score (nSPS) is 13.5. The number of nitrogens with zero attached hydrogens (tertiary/aromatic N) is 1. The molecule has 1 N–H and O–H groups in total. The smallest absolute Gasteiger partial charge is 0.240 e. The van der Waals surface area contributed by atoms with Crippen LogP contribution in [0.2, 0.25) is 0 Å². The molecule has 2 aromatic carbocycles. The number of nitrogens with one attached hydrogen (secondary N) is 1. The molecule has 0 saturated heterocycles. The molecule has 0 saturated carbocycles. The summed E-state index contributed by atoms with van der Waals surface area (Å²) in [5.41, 5.74) is 3.50. The predicted molar refractivity (Wildman–Crippen MR) is 96.7 cm³/mol. The maximum Gasteiger partial charge on any atom is 0.240 e. The van der Waals surface area contributed by atoms with Crippen LogP contribution in [0.4, 0.5) is 5.69 Å². The lowest BCUT2D eigenvalue weighted by molar-refractivity contribution is -0.117. The second kappa shape index (κ2) is 7.97. The van der Waals surface area contributed by atoms with E-state index >= 15 is 0 Å². The lowest BCUT2D eigenvalue weighted by Gasteiger charge is -2.29. The first-order valence-electron chi connectivity index (χ1n) is 8.50. The first-order chi connectivity index (χ1) is 11.8. The molecule has 2 aromatic rings. The molecule has 0 spiro atoms. The molecule has 0 bridgehead atoms. The standard InChI is InChI=1S/C20H24N2O2/c1-24-19-11-5-3-8-17(19)12-13-21-15-20(23)22-14-6-9-16-7-2-4-10-18(16)22/h2-5,7-8,10-11,21H,6,9,12-15H2,1H3. The van der Waals surface area contributed by atoms with E-state index in [0.29, 0.717) is 6.54 Å². The van der Waals surface area contributed by atoms with Crippen LogP contribution in [0.3, 0.4) is 0 Å². The average molecular weight is 324 g/mol. The maximum absolute atomic E-state index is 12.5. The molecule has 3 rings (SSSR count).